The quantitative estimate of drug-likeness (QED) is 0.450. The van der Waals surface area contributed by atoms with Crippen LogP contribution < -0.4 is 5.32 Å². The van der Waals surface area contributed by atoms with Crippen LogP contribution in [0, 0.1) is 6.92 Å². The molecule has 34 heavy (non-hydrogen) atoms. The van der Waals surface area contributed by atoms with Gasteiger partial charge in [0.2, 0.25) is 11.8 Å². The molecule has 0 aliphatic rings. The summed E-state index contributed by atoms with van der Waals surface area (Å²) in [6.07, 6.45) is 0.623. The first-order valence-corrected chi connectivity index (χ1v) is 11.9. The highest BCUT2D eigenvalue weighted by atomic mass is 35.5. The van der Waals surface area contributed by atoms with Crippen LogP contribution in [-0.2, 0) is 29.0 Å². The molecule has 0 heterocycles. The molecule has 3 aromatic rings. The van der Waals surface area contributed by atoms with Crippen LogP contribution in [0.4, 0.5) is 0 Å². The number of hydrogen-bond acceptors (Lipinski definition) is 2. The van der Waals surface area contributed by atoms with Gasteiger partial charge in [-0.05, 0) is 56.5 Å². The predicted molar refractivity (Wildman–Crippen MR) is 139 cm³/mol. The van der Waals surface area contributed by atoms with Gasteiger partial charge in [0, 0.05) is 23.5 Å². The van der Waals surface area contributed by atoms with Gasteiger partial charge in [-0.1, -0.05) is 83.9 Å². The van der Waals surface area contributed by atoms with E-state index in [2.05, 4.69) is 5.32 Å². The van der Waals surface area contributed by atoms with Crippen LogP contribution in [0.3, 0.4) is 0 Å². The fraction of sp³-hybridized carbons (Fsp3) is 0.310. The Bertz CT molecular complexity index is 1090. The monoisotopic (exact) mass is 476 g/mol. The molecular weight excluding hydrogens is 444 g/mol. The highest BCUT2D eigenvalue weighted by Crippen LogP contribution is 2.19. The molecule has 0 saturated carbocycles. The van der Waals surface area contributed by atoms with Crippen LogP contribution >= 0.6 is 11.6 Å². The van der Waals surface area contributed by atoms with Gasteiger partial charge in [0.05, 0.1) is 6.42 Å². The van der Waals surface area contributed by atoms with Gasteiger partial charge in [0.15, 0.2) is 0 Å². The molecule has 1 atom stereocenters. The van der Waals surface area contributed by atoms with E-state index in [4.69, 9.17) is 11.6 Å². The maximum absolute atomic E-state index is 13.7. The summed E-state index contributed by atoms with van der Waals surface area (Å²) in [4.78, 5) is 28.9. The Labute approximate surface area is 207 Å². The Kier molecular flexibility index (Phi) is 8.51. The van der Waals surface area contributed by atoms with Gasteiger partial charge in [0.25, 0.3) is 0 Å². The van der Waals surface area contributed by atoms with Crippen LogP contribution in [0.25, 0.3) is 0 Å². The minimum atomic E-state index is -0.650. The lowest BCUT2D eigenvalue weighted by atomic mass is 9.99. The summed E-state index contributed by atoms with van der Waals surface area (Å²) >= 11 is 6.03. The van der Waals surface area contributed by atoms with Crippen LogP contribution in [0.1, 0.15) is 43.0 Å². The molecule has 4 nitrogen and oxygen atoms in total. The molecule has 0 unspecified atom stereocenters. The molecular formula is C29H33ClN2O2. The lowest BCUT2D eigenvalue weighted by Crippen LogP contribution is -2.54. The van der Waals surface area contributed by atoms with Crippen LogP contribution in [0.5, 0.6) is 0 Å². The third-order valence-electron chi connectivity index (χ3n) is 5.51. The van der Waals surface area contributed by atoms with Crippen molar-refractivity contribution in [2.24, 2.45) is 0 Å². The van der Waals surface area contributed by atoms with Crippen LogP contribution in [0.2, 0.25) is 5.02 Å². The van der Waals surface area contributed by atoms with E-state index in [-0.39, 0.29) is 18.2 Å². The van der Waals surface area contributed by atoms with Crippen LogP contribution in [0.15, 0.2) is 78.9 Å². The second kappa shape index (κ2) is 11.3. The maximum Gasteiger partial charge on any atom is 0.243 e. The lowest BCUT2D eigenvalue weighted by Gasteiger charge is -2.34. The van der Waals surface area contributed by atoms with E-state index >= 15 is 0 Å². The van der Waals surface area contributed by atoms with Crippen molar-refractivity contribution in [3.63, 3.8) is 0 Å². The number of halogens is 1. The molecule has 0 bridgehead atoms. The van der Waals surface area contributed by atoms with E-state index in [1.54, 1.807) is 17.0 Å². The SMILES string of the molecule is Cc1ccc(CN(C(=O)Cc2ccc(Cl)cc2)[C@@H](Cc2ccccc2)C(=O)NC(C)(C)C)cc1. The summed E-state index contributed by atoms with van der Waals surface area (Å²) in [6, 6.07) is 24.5. The van der Waals surface area contributed by atoms with Crippen molar-refractivity contribution in [1.29, 1.82) is 0 Å². The predicted octanol–water partition coefficient (Wildman–Crippen LogP) is 5.75. The lowest BCUT2D eigenvalue weighted by molar-refractivity contribution is -0.141. The second-order valence-corrected chi connectivity index (χ2v) is 10.2. The number of rotatable bonds is 8. The number of benzene rings is 3. The third kappa shape index (κ3) is 7.74. The largest absolute Gasteiger partial charge is 0.350 e. The van der Waals surface area contributed by atoms with Crippen molar-refractivity contribution in [3.05, 3.63) is 106 Å². The van der Waals surface area contributed by atoms with Gasteiger partial charge in [-0.3, -0.25) is 9.59 Å². The van der Waals surface area contributed by atoms with Crippen molar-refractivity contribution in [1.82, 2.24) is 10.2 Å². The summed E-state index contributed by atoms with van der Waals surface area (Å²) in [7, 11) is 0. The average Bonchev–Trinajstić information content (AvgIpc) is 2.78. The van der Waals surface area contributed by atoms with Crippen LogP contribution in [-0.4, -0.2) is 28.3 Å². The topological polar surface area (TPSA) is 49.4 Å². The molecule has 3 rings (SSSR count). The number of nitrogens with zero attached hydrogens (tertiary/aromatic N) is 1. The highest BCUT2D eigenvalue weighted by molar-refractivity contribution is 6.30. The number of amides is 2. The summed E-state index contributed by atoms with van der Waals surface area (Å²) in [5.74, 6) is -0.263. The first kappa shape index (κ1) is 25.5. The van der Waals surface area contributed by atoms with Crippen molar-refractivity contribution < 1.29 is 9.59 Å². The average molecular weight is 477 g/mol. The third-order valence-corrected chi connectivity index (χ3v) is 5.76. The molecule has 0 saturated heterocycles. The number of nitrogens with one attached hydrogen (secondary N) is 1. The molecule has 0 radical (unpaired) electrons. The standard InChI is InChI=1S/C29H33ClN2O2/c1-21-10-12-24(13-11-21)20-32(27(33)19-23-14-16-25(30)17-15-23)26(28(34)31-29(2,3)4)18-22-8-6-5-7-9-22/h5-17,26H,18-20H2,1-4H3,(H,31,34)/t26-/m0/s1. The fourth-order valence-electron chi connectivity index (χ4n) is 3.78. The van der Waals surface area contributed by atoms with Crippen molar-refractivity contribution in [2.75, 3.05) is 0 Å². The minimum absolute atomic E-state index is 0.104. The summed E-state index contributed by atoms with van der Waals surface area (Å²) < 4.78 is 0. The van der Waals surface area contributed by atoms with Gasteiger partial charge in [-0.2, -0.15) is 0 Å². The van der Waals surface area contributed by atoms with Crippen molar-refractivity contribution >= 4 is 23.4 Å². The Balaban J connectivity index is 1.97. The highest BCUT2D eigenvalue weighted by Gasteiger charge is 2.32. The zero-order valence-corrected chi connectivity index (χ0v) is 21.1. The number of aryl methyl sites for hydroxylation is 1. The Hall–Kier alpha value is -3.11. The van der Waals surface area contributed by atoms with E-state index in [9.17, 15) is 9.59 Å². The number of hydrogen-bond donors (Lipinski definition) is 1. The molecule has 0 aromatic heterocycles. The molecule has 1 N–H and O–H groups in total. The van der Waals surface area contributed by atoms with E-state index in [0.29, 0.717) is 18.0 Å². The Morgan fingerprint density at radius 3 is 2.03 bits per heavy atom. The maximum atomic E-state index is 13.7. The molecule has 3 aromatic carbocycles. The summed E-state index contributed by atoms with van der Waals surface area (Å²) in [5, 5.41) is 3.72. The molecule has 0 aliphatic carbocycles. The summed E-state index contributed by atoms with van der Waals surface area (Å²) in [6.45, 7) is 8.23. The van der Waals surface area contributed by atoms with Gasteiger partial charge in [-0.25, -0.2) is 0 Å². The fourth-order valence-corrected chi connectivity index (χ4v) is 3.90. The van der Waals surface area contributed by atoms with E-state index in [0.717, 1.165) is 22.3 Å². The smallest absolute Gasteiger partial charge is 0.243 e. The van der Waals surface area contributed by atoms with Gasteiger partial charge < -0.3 is 10.2 Å². The van der Waals surface area contributed by atoms with Crippen molar-refractivity contribution in [2.45, 2.75) is 58.7 Å². The molecule has 5 heteroatoms. The molecule has 0 fully saturated rings. The number of carbonyl (C=O) groups excluding carboxylic acids is 2. The number of carbonyl (C=O) groups is 2. The van der Waals surface area contributed by atoms with E-state index < -0.39 is 11.6 Å². The zero-order chi connectivity index (χ0) is 24.7. The minimum Gasteiger partial charge on any atom is -0.350 e. The first-order valence-electron chi connectivity index (χ1n) is 11.6. The van der Waals surface area contributed by atoms with E-state index in [1.165, 1.54) is 0 Å². The second-order valence-electron chi connectivity index (χ2n) is 9.76. The molecule has 2 amide bonds. The molecule has 178 valence electrons. The Morgan fingerprint density at radius 1 is 0.853 bits per heavy atom. The zero-order valence-electron chi connectivity index (χ0n) is 20.3. The van der Waals surface area contributed by atoms with Crippen molar-refractivity contribution in [3.8, 4) is 0 Å². The molecule has 0 aliphatic heterocycles. The van der Waals surface area contributed by atoms with Gasteiger partial charge in [0.1, 0.15) is 6.04 Å². The van der Waals surface area contributed by atoms with Gasteiger partial charge >= 0.3 is 0 Å². The van der Waals surface area contributed by atoms with E-state index in [1.807, 2.05) is 94.4 Å². The Morgan fingerprint density at radius 2 is 1.44 bits per heavy atom. The molecule has 0 spiro atoms. The summed E-state index contributed by atoms with van der Waals surface area (Å²) in [5.41, 5.74) is 3.58. The normalized spacial score (nSPS) is 12.1. The first-order chi connectivity index (χ1) is 16.1. The van der Waals surface area contributed by atoms with Gasteiger partial charge in [-0.15, -0.1) is 0 Å².